The summed E-state index contributed by atoms with van der Waals surface area (Å²) in [6.45, 7) is 9.94. The molecule has 0 bridgehead atoms. The number of hydrogen-bond donors (Lipinski definition) is 0. The number of alkyl halides is 3. The molecule has 0 saturated heterocycles. The maximum absolute atomic E-state index is 14.2. The van der Waals surface area contributed by atoms with E-state index in [4.69, 9.17) is 9.47 Å². The molecule has 1 aliphatic heterocycles. The Bertz CT molecular complexity index is 979. The molecule has 0 N–H and O–H groups in total. The molecule has 2 aromatic carbocycles. The summed E-state index contributed by atoms with van der Waals surface area (Å²) >= 11 is 0. The molecule has 174 valence electrons. The minimum atomic E-state index is -4.61. The molecule has 4 nitrogen and oxygen atoms in total. The molecule has 1 aliphatic rings. The highest BCUT2D eigenvalue weighted by molar-refractivity contribution is 5.97. The number of para-hydroxylation sites is 1. The summed E-state index contributed by atoms with van der Waals surface area (Å²) in [4.78, 5) is 15.1. The first-order valence-corrected chi connectivity index (χ1v) is 10.9. The predicted octanol–water partition coefficient (Wildman–Crippen LogP) is 6.53. The van der Waals surface area contributed by atoms with Gasteiger partial charge in [0.2, 0.25) is 0 Å². The third-order valence-electron chi connectivity index (χ3n) is 5.75. The van der Waals surface area contributed by atoms with Crippen molar-refractivity contribution in [2.24, 2.45) is 0 Å². The first-order chi connectivity index (χ1) is 14.9. The number of fused-ring (bicyclic) bond motifs is 1. The molecule has 3 rings (SSSR count). The molecule has 0 atom stereocenters. The van der Waals surface area contributed by atoms with E-state index >= 15 is 0 Å². The van der Waals surface area contributed by atoms with Gasteiger partial charge in [0.1, 0.15) is 17.1 Å². The van der Waals surface area contributed by atoms with Crippen molar-refractivity contribution >= 4 is 5.97 Å². The van der Waals surface area contributed by atoms with Crippen molar-refractivity contribution in [2.75, 3.05) is 6.61 Å². The molecule has 0 spiro atoms. The van der Waals surface area contributed by atoms with Crippen LogP contribution in [0.5, 0.6) is 11.5 Å². The smallest absolute Gasteiger partial charge is 0.417 e. The zero-order valence-corrected chi connectivity index (χ0v) is 19.2. The Hall–Kier alpha value is -2.54. The van der Waals surface area contributed by atoms with Crippen molar-refractivity contribution in [2.45, 2.75) is 72.3 Å². The van der Waals surface area contributed by atoms with Gasteiger partial charge in [-0.15, -0.1) is 0 Å². The lowest BCUT2D eigenvalue weighted by Gasteiger charge is -2.31. The first kappa shape index (κ1) is 24.1. The summed E-state index contributed by atoms with van der Waals surface area (Å²) in [5.74, 6) is -0.365. The number of ether oxygens (including phenoxy) is 2. The fraction of sp³-hybridized carbons (Fsp3) is 0.480. The van der Waals surface area contributed by atoms with E-state index in [1.807, 2.05) is 32.6 Å². The van der Waals surface area contributed by atoms with Crippen LogP contribution in [0.1, 0.15) is 73.1 Å². The van der Waals surface area contributed by atoms with Gasteiger partial charge in [0.05, 0.1) is 12.2 Å². The highest BCUT2D eigenvalue weighted by Crippen LogP contribution is 2.47. The van der Waals surface area contributed by atoms with Crippen LogP contribution in [0.3, 0.4) is 0 Å². The predicted molar refractivity (Wildman–Crippen MR) is 117 cm³/mol. The molecule has 0 saturated carbocycles. The molecule has 1 heterocycles. The van der Waals surface area contributed by atoms with E-state index in [1.165, 1.54) is 6.92 Å². The lowest BCUT2D eigenvalue weighted by molar-refractivity contribution is -0.138. The number of carbonyl (C=O) groups excluding carboxylic acids is 1. The number of hydrogen-bond acceptors (Lipinski definition) is 4. The van der Waals surface area contributed by atoms with Gasteiger partial charge in [0.15, 0.2) is 0 Å². The second-order valence-electron chi connectivity index (χ2n) is 9.09. The number of halogens is 3. The minimum Gasteiger partial charge on any atom is -0.492 e. The number of carbonyl (C=O) groups is 1. The first-order valence-electron chi connectivity index (χ1n) is 10.9. The second kappa shape index (κ2) is 9.14. The van der Waals surface area contributed by atoms with E-state index in [-0.39, 0.29) is 46.8 Å². The maximum atomic E-state index is 14.2. The van der Waals surface area contributed by atoms with Crippen LogP contribution in [-0.4, -0.2) is 23.0 Å². The lowest BCUT2D eigenvalue weighted by Crippen LogP contribution is -2.37. The second-order valence-corrected chi connectivity index (χ2v) is 9.09. The van der Waals surface area contributed by atoms with Crippen LogP contribution in [0.15, 0.2) is 30.3 Å². The van der Waals surface area contributed by atoms with E-state index in [0.717, 1.165) is 12.8 Å². The van der Waals surface area contributed by atoms with Gasteiger partial charge in [-0.3, -0.25) is 4.90 Å². The normalized spacial score (nSPS) is 14.4. The highest BCUT2D eigenvalue weighted by Gasteiger charge is 2.44. The molecule has 0 fully saturated rings. The topological polar surface area (TPSA) is 38.8 Å². The van der Waals surface area contributed by atoms with Crippen molar-refractivity contribution < 1.29 is 27.4 Å². The molecular formula is C25H30F3NO3. The molecular weight excluding hydrogens is 419 g/mol. The average Bonchev–Trinajstić information content (AvgIpc) is 3.12. The number of nitrogens with zero attached hydrogens (tertiary/aromatic N) is 1. The Labute approximate surface area is 187 Å². The number of unbranched alkanes of at least 4 members (excludes halogenated alkanes) is 1. The number of esters is 1. The standard InChI is InChI=1S/C25H30F3NO3/c1-6-7-13-31-22-19-15-29(24(3,4)5)14-18(19)21(25(26,27)28)16(2)20(22)23(30)32-17-11-9-8-10-12-17/h8-12H,6-7,13-15H2,1-5H3. The van der Waals surface area contributed by atoms with Gasteiger partial charge in [-0.05, 0) is 57.4 Å². The Morgan fingerprint density at radius 1 is 1.06 bits per heavy atom. The van der Waals surface area contributed by atoms with Crippen LogP contribution in [-0.2, 0) is 19.3 Å². The molecule has 0 unspecified atom stereocenters. The van der Waals surface area contributed by atoms with Crippen LogP contribution in [0.2, 0.25) is 0 Å². The summed E-state index contributed by atoms with van der Waals surface area (Å²) in [6.07, 6.45) is -3.02. The Balaban J connectivity index is 2.19. The van der Waals surface area contributed by atoms with E-state index in [0.29, 0.717) is 12.2 Å². The number of benzene rings is 2. The summed E-state index contributed by atoms with van der Waals surface area (Å²) in [6, 6.07) is 8.33. The van der Waals surface area contributed by atoms with Gasteiger partial charge in [-0.2, -0.15) is 13.2 Å². The van der Waals surface area contributed by atoms with Crippen LogP contribution in [0, 0.1) is 6.92 Å². The van der Waals surface area contributed by atoms with E-state index in [2.05, 4.69) is 0 Å². The zero-order valence-electron chi connectivity index (χ0n) is 19.2. The van der Waals surface area contributed by atoms with Crippen LogP contribution in [0.25, 0.3) is 0 Å². The van der Waals surface area contributed by atoms with Gasteiger partial charge in [0.25, 0.3) is 0 Å². The van der Waals surface area contributed by atoms with E-state index < -0.39 is 17.7 Å². The van der Waals surface area contributed by atoms with Gasteiger partial charge in [-0.25, -0.2) is 4.79 Å². The summed E-state index contributed by atoms with van der Waals surface area (Å²) < 4.78 is 54.1. The molecule has 0 aromatic heterocycles. The third kappa shape index (κ3) is 4.93. The fourth-order valence-corrected chi connectivity index (χ4v) is 3.97. The van der Waals surface area contributed by atoms with Crippen molar-refractivity contribution in [3.8, 4) is 11.5 Å². The molecule has 2 aromatic rings. The molecule has 0 aliphatic carbocycles. The Kier molecular flexibility index (Phi) is 6.89. The largest absolute Gasteiger partial charge is 0.492 e. The summed E-state index contributed by atoms with van der Waals surface area (Å²) in [5, 5.41) is 0. The third-order valence-corrected chi connectivity index (χ3v) is 5.75. The van der Waals surface area contributed by atoms with Crippen LogP contribution < -0.4 is 9.47 Å². The molecule has 7 heteroatoms. The van der Waals surface area contributed by atoms with Crippen molar-refractivity contribution in [3.63, 3.8) is 0 Å². The van der Waals surface area contributed by atoms with E-state index in [9.17, 15) is 18.0 Å². The fourth-order valence-electron chi connectivity index (χ4n) is 3.97. The lowest BCUT2D eigenvalue weighted by atomic mass is 9.91. The summed E-state index contributed by atoms with van der Waals surface area (Å²) in [5.41, 5.74) is -0.795. The van der Waals surface area contributed by atoms with Gasteiger partial charge >= 0.3 is 12.1 Å². The van der Waals surface area contributed by atoms with Crippen LogP contribution in [0.4, 0.5) is 13.2 Å². The molecule has 0 radical (unpaired) electrons. The van der Waals surface area contributed by atoms with Crippen LogP contribution >= 0.6 is 0 Å². The SMILES string of the molecule is CCCCOc1c2c(c(C(F)(F)F)c(C)c1C(=O)Oc1ccccc1)CN(C(C)(C)C)C2. The minimum absolute atomic E-state index is 0.146. The van der Waals surface area contributed by atoms with E-state index in [1.54, 1.807) is 30.3 Å². The monoisotopic (exact) mass is 449 g/mol. The quantitative estimate of drug-likeness (QED) is 0.286. The zero-order chi connectivity index (χ0) is 23.7. The van der Waals surface area contributed by atoms with Gasteiger partial charge in [-0.1, -0.05) is 31.5 Å². The van der Waals surface area contributed by atoms with Gasteiger partial charge in [0, 0.05) is 24.2 Å². The highest BCUT2D eigenvalue weighted by atomic mass is 19.4. The van der Waals surface area contributed by atoms with Crippen molar-refractivity contribution in [1.82, 2.24) is 4.90 Å². The molecule has 0 amide bonds. The summed E-state index contributed by atoms with van der Waals surface area (Å²) in [7, 11) is 0. The number of rotatable bonds is 6. The maximum Gasteiger partial charge on any atom is 0.417 e. The van der Waals surface area contributed by atoms with Crippen molar-refractivity contribution in [1.29, 1.82) is 0 Å². The van der Waals surface area contributed by atoms with Crippen molar-refractivity contribution in [3.05, 3.63) is 58.1 Å². The Morgan fingerprint density at radius 3 is 2.25 bits per heavy atom. The molecule has 32 heavy (non-hydrogen) atoms. The average molecular weight is 450 g/mol. The Morgan fingerprint density at radius 2 is 1.69 bits per heavy atom. The van der Waals surface area contributed by atoms with Gasteiger partial charge < -0.3 is 9.47 Å².